The Balaban J connectivity index is 1.63. The zero-order valence-electron chi connectivity index (χ0n) is 20.8. The molecule has 1 N–H and O–H groups in total. The Bertz CT molecular complexity index is 1120. The van der Waals surface area contributed by atoms with E-state index in [0.29, 0.717) is 37.2 Å². The van der Waals surface area contributed by atoms with E-state index in [9.17, 15) is 24.5 Å². The molecule has 1 aliphatic rings. The van der Waals surface area contributed by atoms with Gasteiger partial charge in [0.1, 0.15) is 6.04 Å². The second kappa shape index (κ2) is 12.1. The monoisotopic (exact) mass is 492 g/mol. The quantitative estimate of drug-likeness (QED) is 0.344. The van der Waals surface area contributed by atoms with Gasteiger partial charge in [0.25, 0.3) is 11.6 Å². The highest BCUT2D eigenvalue weighted by atomic mass is 16.6. The summed E-state index contributed by atoms with van der Waals surface area (Å²) in [7, 11) is 0. The molecule has 1 fully saturated rings. The molecule has 3 atom stereocenters. The smallest absolute Gasteiger partial charge is 0.269 e. The van der Waals surface area contributed by atoms with Crippen LogP contribution in [0.1, 0.15) is 43.1 Å². The summed E-state index contributed by atoms with van der Waals surface area (Å²) in [5, 5.41) is 13.6. The summed E-state index contributed by atoms with van der Waals surface area (Å²) in [5.41, 5.74) is 1.22. The van der Waals surface area contributed by atoms with Crippen LogP contribution in [0.5, 0.6) is 0 Å². The van der Waals surface area contributed by atoms with E-state index in [1.165, 1.54) is 18.2 Å². The minimum Gasteiger partial charge on any atom is -0.340 e. The van der Waals surface area contributed by atoms with Crippen LogP contribution in [0.15, 0.2) is 60.7 Å². The molecule has 190 valence electrons. The number of non-ortho nitro benzene ring substituents is 1. The third-order valence-electron chi connectivity index (χ3n) is 6.53. The van der Waals surface area contributed by atoms with Gasteiger partial charge in [0.05, 0.1) is 4.92 Å². The third kappa shape index (κ3) is 6.56. The molecule has 0 aromatic heterocycles. The minimum absolute atomic E-state index is 0.0289. The molecule has 0 bridgehead atoms. The number of nitrogens with zero attached hydrogens (tertiary/aromatic N) is 3. The summed E-state index contributed by atoms with van der Waals surface area (Å²) in [6, 6.07) is 14.1. The fourth-order valence-corrected chi connectivity index (χ4v) is 4.17. The predicted octanol–water partition coefficient (Wildman–Crippen LogP) is 3.51. The first-order chi connectivity index (χ1) is 17.2. The van der Waals surface area contributed by atoms with Gasteiger partial charge in [-0.25, -0.2) is 0 Å². The van der Waals surface area contributed by atoms with Crippen molar-refractivity contribution < 1.29 is 19.3 Å². The van der Waals surface area contributed by atoms with Gasteiger partial charge < -0.3 is 15.1 Å². The molecule has 9 nitrogen and oxygen atoms in total. The average molecular weight is 493 g/mol. The fourth-order valence-electron chi connectivity index (χ4n) is 4.17. The molecular formula is C27H32N4O5. The minimum atomic E-state index is -0.701. The number of piperazine rings is 1. The lowest BCUT2D eigenvalue weighted by atomic mass is 9.97. The Morgan fingerprint density at radius 1 is 1.11 bits per heavy atom. The van der Waals surface area contributed by atoms with Crippen LogP contribution in [0.2, 0.25) is 0 Å². The van der Waals surface area contributed by atoms with E-state index in [1.54, 1.807) is 40.1 Å². The van der Waals surface area contributed by atoms with Gasteiger partial charge in [-0.15, -0.1) is 0 Å². The van der Waals surface area contributed by atoms with Gasteiger partial charge in [0.15, 0.2) is 0 Å². The summed E-state index contributed by atoms with van der Waals surface area (Å²) < 4.78 is 0. The fraction of sp³-hybridized carbons (Fsp3) is 0.370. The zero-order chi connectivity index (χ0) is 26.2. The largest absolute Gasteiger partial charge is 0.340 e. The highest BCUT2D eigenvalue weighted by Crippen LogP contribution is 2.18. The van der Waals surface area contributed by atoms with Crippen molar-refractivity contribution in [3.05, 3.63) is 81.9 Å². The van der Waals surface area contributed by atoms with Gasteiger partial charge in [-0.05, 0) is 48.7 Å². The van der Waals surface area contributed by atoms with Crippen molar-refractivity contribution in [1.82, 2.24) is 15.1 Å². The molecule has 0 aliphatic carbocycles. The van der Waals surface area contributed by atoms with Gasteiger partial charge >= 0.3 is 0 Å². The van der Waals surface area contributed by atoms with Crippen LogP contribution in [0.25, 0.3) is 6.08 Å². The SMILES string of the molecule is CCC(C)C(NC(=O)/C=C/c1ccc([N+](=O)[O-])cc1)C(=O)N1CCN(C(=O)c2ccccc2)C(C)C1. The number of hydrogen-bond acceptors (Lipinski definition) is 5. The lowest BCUT2D eigenvalue weighted by molar-refractivity contribution is -0.384. The molecule has 36 heavy (non-hydrogen) atoms. The maximum Gasteiger partial charge on any atom is 0.269 e. The van der Waals surface area contributed by atoms with Crippen molar-refractivity contribution in [2.45, 2.75) is 39.3 Å². The molecular weight excluding hydrogens is 460 g/mol. The summed E-state index contributed by atoms with van der Waals surface area (Å²) in [6.07, 6.45) is 3.57. The van der Waals surface area contributed by atoms with Gasteiger partial charge in [-0.3, -0.25) is 24.5 Å². The number of nitro benzene ring substituents is 1. The Labute approximate surface area is 210 Å². The first-order valence-corrected chi connectivity index (χ1v) is 12.1. The molecule has 3 unspecified atom stereocenters. The van der Waals surface area contributed by atoms with Crippen LogP contribution in [-0.2, 0) is 9.59 Å². The van der Waals surface area contributed by atoms with Crippen LogP contribution in [0.4, 0.5) is 5.69 Å². The first kappa shape index (κ1) is 26.6. The van der Waals surface area contributed by atoms with Gasteiger partial charge in [0, 0.05) is 49.4 Å². The van der Waals surface area contributed by atoms with E-state index in [2.05, 4.69) is 5.32 Å². The summed E-state index contributed by atoms with van der Waals surface area (Å²) in [6.45, 7) is 7.00. The normalized spacial score (nSPS) is 17.5. The third-order valence-corrected chi connectivity index (χ3v) is 6.53. The highest BCUT2D eigenvalue weighted by molar-refractivity contribution is 5.96. The first-order valence-electron chi connectivity index (χ1n) is 12.1. The van der Waals surface area contributed by atoms with Crippen LogP contribution in [-0.4, -0.2) is 64.2 Å². The van der Waals surface area contributed by atoms with Crippen molar-refractivity contribution in [3.63, 3.8) is 0 Å². The molecule has 2 aromatic carbocycles. The molecule has 3 amide bonds. The number of hydrogen-bond donors (Lipinski definition) is 1. The number of amides is 3. The Hall–Kier alpha value is -4.01. The maximum absolute atomic E-state index is 13.4. The van der Waals surface area contributed by atoms with Gasteiger partial charge in [0.2, 0.25) is 11.8 Å². The Morgan fingerprint density at radius 2 is 1.78 bits per heavy atom. The molecule has 1 saturated heterocycles. The second-order valence-corrected chi connectivity index (χ2v) is 9.05. The van der Waals surface area contributed by atoms with E-state index >= 15 is 0 Å². The topological polar surface area (TPSA) is 113 Å². The van der Waals surface area contributed by atoms with Crippen molar-refractivity contribution >= 4 is 29.5 Å². The van der Waals surface area contributed by atoms with Gasteiger partial charge in [-0.1, -0.05) is 38.5 Å². The lowest BCUT2D eigenvalue weighted by Crippen LogP contribution is -2.60. The second-order valence-electron chi connectivity index (χ2n) is 9.05. The van der Waals surface area contributed by atoms with E-state index in [1.807, 2.05) is 39.0 Å². The number of nitrogens with one attached hydrogen (secondary N) is 1. The molecule has 1 aliphatic heterocycles. The van der Waals surface area contributed by atoms with Crippen molar-refractivity contribution in [1.29, 1.82) is 0 Å². The molecule has 1 heterocycles. The summed E-state index contributed by atoms with van der Waals surface area (Å²) >= 11 is 0. The number of carbonyl (C=O) groups excluding carboxylic acids is 3. The number of carbonyl (C=O) groups is 3. The molecule has 2 aromatic rings. The van der Waals surface area contributed by atoms with Gasteiger partial charge in [-0.2, -0.15) is 0 Å². The molecule has 0 spiro atoms. The van der Waals surface area contributed by atoms with E-state index in [0.717, 1.165) is 0 Å². The Kier molecular flexibility index (Phi) is 8.94. The van der Waals surface area contributed by atoms with Crippen LogP contribution < -0.4 is 5.32 Å². The van der Waals surface area contributed by atoms with Crippen molar-refractivity contribution in [2.24, 2.45) is 5.92 Å². The van der Waals surface area contributed by atoms with E-state index in [-0.39, 0.29) is 29.5 Å². The molecule has 0 saturated carbocycles. The van der Waals surface area contributed by atoms with Crippen molar-refractivity contribution in [3.8, 4) is 0 Å². The summed E-state index contributed by atoms with van der Waals surface area (Å²) in [4.78, 5) is 52.8. The average Bonchev–Trinajstić information content (AvgIpc) is 2.90. The number of nitro groups is 1. The highest BCUT2D eigenvalue weighted by Gasteiger charge is 2.35. The van der Waals surface area contributed by atoms with E-state index in [4.69, 9.17) is 0 Å². The number of rotatable bonds is 8. The zero-order valence-corrected chi connectivity index (χ0v) is 20.8. The molecule has 0 radical (unpaired) electrons. The lowest BCUT2D eigenvalue weighted by Gasteiger charge is -2.41. The van der Waals surface area contributed by atoms with Crippen LogP contribution in [0, 0.1) is 16.0 Å². The maximum atomic E-state index is 13.4. The molecule has 9 heteroatoms. The van der Waals surface area contributed by atoms with Crippen LogP contribution in [0.3, 0.4) is 0 Å². The van der Waals surface area contributed by atoms with Crippen LogP contribution >= 0.6 is 0 Å². The number of benzene rings is 2. The Morgan fingerprint density at radius 3 is 2.36 bits per heavy atom. The van der Waals surface area contributed by atoms with E-state index < -0.39 is 16.9 Å². The molecule has 3 rings (SSSR count). The summed E-state index contributed by atoms with van der Waals surface area (Å²) in [5.74, 6) is -0.732. The standard InChI is InChI=1S/C27H32N4O5/c1-4-19(2)25(28-24(32)15-12-21-10-13-23(14-11-21)31(35)36)27(34)29-16-17-30(20(3)18-29)26(33)22-8-6-5-7-9-22/h5-15,19-20,25H,4,16-18H2,1-3H3,(H,28,32)/b15-12+. The predicted molar refractivity (Wildman–Crippen MR) is 137 cm³/mol. The van der Waals surface area contributed by atoms with Crippen molar-refractivity contribution in [2.75, 3.05) is 19.6 Å².